The summed E-state index contributed by atoms with van der Waals surface area (Å²) in [6.07, 6.45) is 0.829. The average Bonchev–Trinajstić information content (AvgIpc) is 2.95. The zero-order chi connectivity index (χ0) is 14.6. The van der Waals surface area contributed by atoms with Crippen molar-refractivity contribution in [1.29, 1.82) is 5.26 Å². The van der Waals surface area contributed by atoms with Gasteiger partial charge < -0.3 is 0 Å². The molecule has 0 amide bonds. The Kier molecular flexibility index (Phi) is 4.55. The fourth-order valence-corrected chi connectivity index (χ4v) is 4.00. The van der Waals surface area contributed by atoms with Crippen molar-refractivity contribution in [2.24, 2.45) is 0 Å². The van der Waals surface area contributed by atoms with Crippen molar-refractivity contribution in [2.75, 3.05) is 0 Å². The first-order chi connectivity index (χ1) is 9.55. The summed E-state index contributed by atoms with van der Waals surface area (Å²) in [5.41, 5.74) is 1.38. The molecule has 1 heterocycles. The number of hydrogen-bond acceptors (Lipinski definition) is 4. The quantitative estimate of drug-likeness (QED) is 0.923. The molecule has 0 aliphatic heterocycles. The van der Waals surface area contributed by atoms with E-state index in [0.717, 1.165) is 16.9 Å². The Morgan fingerprint density at radius 1 is 1.20 bits per heavy atom. The van der Waals surface area contributed by atoms with Gasteiger partial charge in [0.1, 0.15) is 4.21 Å². The Hall–Kier alpha value is -1.68. The number of hydrogen-bond donors (Lipinski definition) is 1. The van der Waals surface area contributed by atoms with Crippen molar-refractivity contribution in [3.05, 3.63) is 52.4 Å². The molecule has 2 rings (SSSR count). The molecule has 0 saturated heterocycles. The van der Waals surface area contributed by atoms with Gasteiger partial charge in [0.25, 0.3) is 0 Å². The van der Waals surface area contributed by atoms with Gasteiger partial charge in [-0.25, -0.2) is 13.1 Å². The van der Waals surface area contributed by atoms with Crippen LogP contribution in [0.5, 0.6) is 0 Å². The van der Waals surface area contributed by atoms with Crippen LogP contribution in [0.4, 0.5) is 0 Å². The molecule has 104 valence electrons. The lowest BCUT2D eigenvalue weighted by atomic mass is 10.1. The summed E-state index contributed by atoms with van der Waals surface area (Å²) in [5.74, 6) is 0. The second-order valence-corrected chi connectivity index (χ2v) is 7.37. The third kappa shape index (κ3) is 3.45. The summed E-state index contributed by atoms with van der Waals surface area (Å²) < 4.78 is 27.1. The molecule has 0 unspecified atom stereocenters. The number of thiophene rings is 1. The van der Waals surface area contributed by atoms with Crippen LogP contribution in [0.3, 0.4) is 0 Å². The highest BCUT2D eigenvalue weighted by Crippen LogP contribution is 2.21. The molecule has 1 N–H and O–H groups in total. The Labute approximate surface area is 122 Å². The maximum Gasteiger partial charge on any atom is 0.250 e. The van der Waals surface area contributed by atoms with Crippen LogP contribution >= 0.6 is 11.3 Å². The van der Waals surface area contributed by atoms with Gasteiger partial charge in [0.05, 0.1) is 11.6 Å². The molecule has 4 nitrogen and oxygen atoms in total. The zero-order valence-electron chi connectivity index (χ0n) is 11.0. The molecular weight excluding hydrogens is 292 g/mol. The van der Waals surface area contributed by atoms with Gasteiger partial charge in [0, 0.05) is 11.4 Å². The minimum atomic E-state index is -3.46. The molecule has 0 aliphatic carbocycles. The van der Waals surface area contributed by atoms with Gasteiger partial charge in [0.2, 0.25) is 10.0 Å². The predicted molar refractivity (Wildman–Crippen MR) is 78.9 cm³/mol. The smallest absolute Gasteiger partial charge is 0.206 e. The van der Waals surface area contributed by atoms with Gasteiger partial charge in [-0.05, 0) is 36.2 Å². The lowest BCUT2D eigenvalue weighted by Crippen LogP contribution is -2.22. The summed E-state index contributed by atoms with van der Waals surface area (Å²) in [4.78, 5) is 1.05. The molecule has 0 atom stereocenters. The topological polar surface area (TPSA) is 70.0 Å². The highest BCUT2D eigenvalue weighted by atomic mass is 32.2. The molecule has 6 heteroatoms. The van der Waals surface area contributed by atoms with Crippen molar-refractivity contribution < 1.29 is 8.42 Å². The van der Waals surface area contributed by atoms with E-state index in [-0.39, 0.29) is 6.54 Å². The summed E-state index contributed by atoms with van der Waals surface area (Å²) >= 11 is 1.29. The third-order valence-corrected chi connectivity index (χ3v) is 5.92. The molecule has 0 spiro atoms. The normalized spacial score (nSPS) is 11.2. The standard InChI is InChI=1S/C14H14N2O2S2/c1-2-13-7-8-14(19-13)20(17,18)16-10-12-5-3-11(9-15)4-6-12/h3-8,16H,2,10H2,1H3. The van der Waals surface area contributed by atoms with Crippen molar-refractivity contribution >= 4 is 21.4 Å². The molecule has 0 fully saturated rings. The number of aryl methyl sites for hydroxylation is 1. The second kappa shape index (κ2) is 6.18. The SMILES string of the molecule is CCc1ccc(S(=O)(=O)NCc2ccc(C#N)cc2)s1. The molecule has 0 bridgehead atoms. The van der Waals surface area contributed by atoms with Crippen molar-refractivity contribution in [3.63, 3.8) is 0 Å². The Morgan fingerprint density at radius 2 is 1.90 bits per heavy atom. The van der Waals surface area contributed by atoms with Gasteiger partial charge in [-0.1, -0.05) is 19.1 Å². The Bertz CT molecular complexity index is 725. The number of rotatable bonds is 5. The highest BCUT2D eigenvalue weighted by Gasteiger charge is 2.16. The fraction of sp³-hybridized carbons (Fsp3) is 0.214. The lowest BCUT2D eigenvalue weighted by Gasteiger charge is -2.05. The fourth-order valence-electron chi connectivity index (χ4n) is 1.64. The largest absolute Gasteiger partial charge is 0.250 e. The third-order valence-electron chi connectivity index (χ3n) is 2.80. The molecule has 1 aromatic carbocycles. The molecule has 0 aliphatic rings. The van der Waals surface area contributed by atoms with Crippen molar-refractivity contribution in [1.82, 2.24) is 4.72 Å². The molecular formula is C14H14N2O2S2. The molecule has 2 aromatic rings. The van der Waals surface area contributed by atoms with Gasteiger partial charge in [-0.2, -0.15) is 5.26 Å². The number of nitrogens with zero attached hydrogens (tertiary/aromatic N) is 1. The van der Waals surface area contributed by atoms with Crippen LogP contribution in [0.1, 0.15) is 22.9 Å². The van der Waals surface area contributed by atoms with E-state index in [9.17, 15) is 8.42 Å². The first kappa shape index (κ1) is 14.7. The van der Waals surface area contributed by atoms with Gasteiger partial charge in [-0.15, -0.1) is 11.3 Å². The van der Waals surface area contributed by atoms with Crippen LogP contribution < -0.4 is 4.72 Å². The maximum absolute atomic E-state index is 12.1. The summed E-state index contributed by atoms with van der Waals surface area (Å²) in [7, 11) is -3.46. The van der Waals surface area contributed by atoms with Crippen molar-refractivity contribution in [3.8, 4) is 6.07 Å². The Morgan fingerprint density at radius 3 is 2.45 bits per heavy atom. The minimum absolute atomic E-state index is 0.216. The van der Waals surface area contributed by atoms with Crippen LogP contribution in [0.25, 0.3) is 0 Å². The van der Waals surface area contributed by atoms with Crippen molar-refractivity contribution in [2.45, 2.75) is 24.1 Å². The second-order valence-electron chi connectivity index (χ2n) is 4.21. The predicted octanol–water partition coefficient (Wildman–Crippen LogP) is 2.66. The van der Waals surface area contributed by atoms with E-state index in [1.165, 1.54) is 11.3 Å². The first-order valence-electron chi connectivity index (χ1n) is 6.12. The zero-order valence-corrected chi connectivity index (χ0v) is 12.6. The van der Waals surface area contributed by atoms with E-state index in [4.69, 9.17) is 5.26 Å². The van der Waals surface area contributed by atoms with Gasteiger partial charge in [0.15, 0.2) is 0 Å². The number of nitriles is 1. The maximum atomic E-state index is 12.1. The minimum Gasteiger partial charge on any atom is -0.206 e. The molecule has 0 saturated carbocycles. The van der Waals surface area contributed by atoms with E-state index in [1.54, 1.807) is 30.3 Å². The highest BCUT2D eigenvalue weighted by molar-refractivity contribution is 7.91. The van der Waals surface area contributed by atoms with E-state index in [1.807, 2.05) is 19.1 Å². The lowest BCUT2D eigenvalue weighted by molar-refractivity contribution is 0.583. The van der Waals surface area contributed by atoms with Crippen LogP contribution in [0.2, 0.25) is 0 Å². The number of sulfonamides is 1. The van der Waals surface area contributed by atoms with Crippen LogP contribution in [-0.2, 0) is 23.0 Å². The summed E-state index contributed by atoms with van der Waals surface area (Å²) in [6.45, 7) is 2.21. The average molecular weight is 306 g/mol. The Balaban J connectivity index is 2.07. The summed E-state index contributed by atoms with van der Waals surface area (Å²) in [6, 6.07) is 12.3. The monoisotopic (exact) mass is 306 g/mol. The van der Waals surface area contributed by atoms with Gasteiger partial charge in [-0.3, -0.25) is 0 Å². The van der Waals surface area contributed by atoms with E-state index in [2.05, 4.69) is 4.72 Å². The van der Waals surface area contributed by atoms with Crippen LogP contribution in [-0.4, -0.2) is 8.42 Å². The summed E-state index contributed by atoms with van der Waals surface area (Å²) in [5, 5.41) is 8.70. The number of benzene rings is 1. The van der Waals surface area contributed by atoms with E-state index < -0.39 is 10.0 Å². The molecule has 1 aromatic heterocycles. The first-order valence-corrected chi connectivity index (χ1v) is 8.42. The van der Waals surface area contributed by atoms with Crippen LogP contribution in [0.15, 0.2) is 40.6 Å². The molecule has 0 radical (unpaired) electrons. The number of nitrogens with one attached hydrogen (secondary N) is 1. The molecule has 20 heavy (non-hydrogen) atoms. The van der Waals surface area contributed by atoms with E-state index in [0.29, 0.717) is 9.77 Å². The van der Waals surface area contributed by atoms with Gasteiger partial charge >= 0.3 is 0 Å². The van der Waals surface area contributed by atoms with Crippen LogP contribution in [0, 0.1) is 11.3 Å². The van der Waals surface area contributed by atoms with E-state index >= 15 is 0 Å².